The predicted octanol–water partition coefficient (Wildman–Crippen LogP) is 5.57. The van der Waals surface area contributed by atoms with Crippen LogP contribution in [0.1, 0.15) is 19.4 Å². The largest absolute Gasteiger partial charge is 0.460 e. The Labute approximate surface area is 169 Å². The van der Waals surface area contributed by atoms with Crippen molar-refractivity contribution in [2.75, 3.05) is 24.6 Å². The van der Waals surface area contributed by atoms with Gasteiger partial charge in [0.1, 0.15) is 12.7 Å². The van der Waals surface area contributed by atoms with Crippen LogP contribution in [0.5, 0.6) is 0 Å². The lowest BCUT2D eigenvalue weighted by molar-refractivity contribution is -0.138. The van der Waals surface area contributed by atoms with Crippen molar-refractivity contribution >= 4 is 34.6 Å². The van der Waals surface area contributed by atoms with Crippen molar-refractivity contribution in [3.05, 3.63) is 65.2 Å². The number of hydrogen-bond acceptors (Lipinski definition) is 6. The summed E-state index contributed by atoms with van der Waals surface area (Å²) in [5.74, 6) is -0.380. The fourth-order valence-electron chi connectivity index (χ4n) is 2.34. The number of hydrogen-bond donors (Lipinski definition) is 0. The number of benzene rings is 2. The Morgan fingerprint density at radius 1 is 1.21 bits per heavy atom. The van der Waals surface area contributed by atoms with Crippen molar-refractivity contribution in [1.82, 2.24) is 0 Å². The van der Waals surface area contributed by atoms with Crippen LogP contribution in [0.15, 0.2) is 64.8 Å². The van der Waals surface area contributed by atoms with Gasteiger partial charge in [-0.05, 0) is 56.3 Å². The van der Waals surface area contributed by atoms with E-state index in [-0.39, 0.29) is 5.97 Å². The van der Waals surface area contributed by atoms with Gasteiger partial charge < -0.3 is 9.64 Å². The summed E-state index contributed by atoms with van der Waals surface area (Å²) in [5.41, 5.74) is 3.05. The molecule has 0 aromatic heterocycles. The van der Waals surface area contributed by atoms with E-state index in [0.717, 1.165) is 12.2 Å². The first-order chi connectivity index (χ1) is 13.4. The maximum absolute atomic E-state index is 11.5. The van der Waals surface area contributed by atoms with Gasteiger partial charge in [0.05, 0.1) is 28.5 Å². The van der Waals surface area contributed by atoms with E-state index in [2.05, 4.69) is 21.7 Å². The van der Waals surface area contributed by atoms with E-state index in [1.54, 1.807) is 25.1 Å². The van der Waals surface area contributed by atoms with Gasteiger partial charge >= 0.3 is 5.97 Å². The number of esters is 1. The molecule has 0 fully saturated rings. The molecule has 0 aliphatic carbocycles. The van der Waals surface area contributed by atoms with E-state index in [1.807, 2.05) is 37.3 Å². The first-order valence-corrected chi connectivity index (χ1v) is 9.11. The van der Waals surface area contributed by atoms with Gasteiger partial charge in [-0.1, -0.05) is 18.2 Å². The van der Waals surface area contributed by atoms with Crippen LogP contribution in [-0.4, -0.2) is 25.7 Å². The lowest BCUT2D eigenvalue weighted by Crippen LogP contribution is -2.28. The fourth-order valence-corrected chi connectivity index (χ4v) is 2.56. The summed E-state index contributed by atoms with van der Waals surface area (Å²) < 4.78 is 5.15. The summed E-state index contributed by atoms with van der Waals surface area (Å²) in [6.45, 7) is 8.87. The summed E-state index contributed by atoms with van der Waals surface area (Å²) in [6, 6.07) is 14.5. The molecular formula is C21H21ClN4O2. The number of halogens is 1. The molecule has 6 nitrogen and oxygen atoms in total. The van der Waals surface area contributed by atoms with Gasteiger partial charge in [0, 0.05) is 17.8 Å². The van der Waals surface area contributed by atoms with Crippen LogP contribution in [0.2, 0.25) is 5.02 Å². The second kappa shape index (κ2) is 10.2. The van der Waals surface area contributed by atoms with Crippen LogP contribution < -0.4 is 4.90 Å². The third-order valence-corrected chi connectivity index (χ3v) is 4.21. The molecule has 0 atom stereocenters. The van der Waals surface area contributed by atoms with Crippen molar-refractivity contribution in [2.24, 2.45) is 10.2 Å². The molecule has 0 saturated carbocycles. The number of anilines is 1. The lowest BCUT2D eigenvalue weighted by atomic mass is 10.2. The number of ether oxygens (including phenoxy) is 1. The maximum atomic E-state index is 11.5. The quantitative estimate of drug-likeness (QED) is 0.332. The molecule has 0 N–H and O–H groups in total. The number of azo groups is 1. The van der Waals surface area contributed by atoms with E-state index < -0.39 is 0 Å². The van der Waals surface area contributed by atoms with Gasteiger partial charge in [-0.25, -0.2) is 4.79 Å². The summed E-state index contributed by atoms with van der Waals surface area (Å²) in [7, 11) is 0. The highest BCUT2D eigenvalue weighted by molar-refractivity contribution is 6.32. The van der Waals surface area contributed by atoms with E-state index in [4.69, 9.17) is 21.6 Å². The molecule has 2 aromatic carbocycles. The molecule has 0 unspecified atom stereocenters. The highest BCUT2D eigenvalue weighted by atomic mass is 35.5. The van der Waals surface area contributed by atoms with E-state index in [1.165, 1.54) is 0 Å². The van der Waals surface area contributed by atoms with Gasteiger partial charge in [0.25, 0.3) is 0 Å². The Bertz CT molecular complexity index is 917. The topological polar surface area (TPSA) is 78.0 Å². The number of carbonyl (C=O) groups is 1. The van der Waals surface area contributed by atoms with Gasteiger partial charge in [0.15, 0.2) is 0 Å². The lowest BCUT2D eigenvalue weighted by Gasteiger charge is -2.22. The molecular weight excluding hydrogens is 376 g/mol. The molecule has 0 spiro atoms. The minimum Gasteiger partial charge on any atom is -0.460 e. The van der Waals surface area contributed by atoms with Crippen LogP contribution >= 0.6 is 11.6 Å². The monoisotopic (exact) mass is 396 g/mol. The van der Waals surface area contributed by atoms with Crippen LogP contribution in [0, 0.1) is 11.3 Å². The zero-order chi connectivity index (χ0) is 20.5. The van der Waals surface area contributed by atoms with Crippen LogP contribution in [0.4, 0.5) is 17.1 Å². The standard InChI is InChI=1S/C21H21ClN4O2/c1-4-26(11-12-28-21(27)15(2)3)19-9-7-17(8-10-19)24-25-18-6-5-16(14-23)20(22)13-18/h5-10,13H,2,4,11-12H2,1,3H3. The van der Waals surface area contributed by atoms with E-state index in [9.17, 15) is 4.79 Å². The van der Waals surface area contributed by atoms with Gasteiger partial charge in [-0.15, -0.1) is 0 Å². The Morgan fingerprint density at radius 2 is 1.86 bits per heavy atom. The van der Waals surface area contributed by atoms with Gasteiger partial charge in [0.2, 0.25) is 0 Å². The Hall–Kier alpha value is -3.17. The number of nitrogens with zero attached hydrogens (tertiary/aromatic N) is 4. The molecule has 0 aliphatic rings. The third kappa shape index (κ3) is 5.93. The minimum absolute atomic E-state index is 0.292. The second-order valence-corrected chi connectivity index (χ2v) is 6.40. The zero-order valence-electron chi connectivity index (χ0n) is 15.9. The van der Waals surface area contributed by atoms with Crippen molar-refractivity contribution in [1.29, 1.82) is 5.26 Å². The molecule has 0 aliphatic heterocycles. The normalized spacial score (nSPS) is 10.5. The summed E-state index contributed by atoms with van der Waals surface area (Å²) in [6.07, 6.45) is 0. The summed E-state index contributed by atoms with van der Waals surface area (Å²) >= 11 is 6.00. The highest BCUT2D eigenvalue weighted by Gasteiger charge is 2.07. The zero-order valence-corrected chi connectivity index (χ0v) is 16.6. The van der Waals surface area contributed by atoms with E-state index >= 15 is 0 Å². The number of rotatable bonds is 8. The Balaban J connectivity index is 1.99. The molecule has 0 amide bonds. The predicted molar refractivity (Wildman–Crippen MR) is 110 cm³/mol. The average molecular weight is 397 g/mol. The first kappa shape index (κ1) is 21.1. The molecule has 7 heteroatoms. The highest BCUT2D eigenvalue weighted by Crippen LogP contribution is 2.25. The van der Waals surface area contributed by atoms with E-state index in [0.29, 0.717) is 40.7 Å². The second-order valence-electron chi connectivity index (χ2n) is 5.99. The van der Waals surface area contributed by atoms with Crippen LogP contribution in [-0.2, 0) is 9.53 Å². The molecule has 0 radical (unpaired) electrons. The number of carbonyl (C=O) groups excluding carboxylic acids is 1. The van der Waals surface area contributed by atoms with Crippen molar-refractivity contribution in [2.45, 2.75) is 13.8 Å². The summed E-state index contributed by atoms with van der Waals surface area (Å²) in [4.78, 5) is 13.5. The maximum Gasteiger partial charge on any atom is 0.333 e. The molecule has 0 heterocycles. The van der Waals surface area contributed by atoms with Crippen LogP contribution in [0.3, 0.4) is 0 Å². The molecule has 2 rings (SSSR count). The van der Waals surface area contributed by atoms with Crippen molar-refractivity contribution in [3.63, 3.8) is 0 Å². The van der Waals surface area contributed by atoms with Crippen molar-refractivity contribution < 1.29 is 9.53 Å². The van der Waals surface area contributed by atoms with Crippen LogP contribution in [0.25, 0.3) is 0 Å². The number of likely N-dealkylation sites (N-methyl/N-ethyl adjacent to an activating group) is 1. The minimum atomic E-state index is -0.380. The Kier molecular flexibility index (Phi) is 7.73. The number of nitriles is 1. The Morgan fingerprint density at radius 3 is 2.43 bits per heavy atom. The molecule has 28 heavy (non-hydrogen) atoms. The average Bonchev–Trinajstić information content (AvgIpc) is 2.70. The molecule has 0 bridgehead atoms. The molecule has 2 aromatic rings. The first-order valence-electron chi connectivity index (χ1n) is 8.73. The van der Waals surface area contributed by atoms with Gasteiger partial charge in [-0.3, -0.25) is 0 Å². The molecule has 144 valence electrons. The SMILES string of the molecule is C=C(C)C(=O)OCCN(CC)c1ccc(N=Nc2ccc(C#N)c(Cl)c2)cc1. The smallest absolute Gasteiger partial charge is 0.333 e. The molecule has 0 saturated heterocycles. The fraction of sp³-hybridized carbons (Fsp3) is 0.238. The van der Waals surface area contributed by atoms with Gasteiger partial charge in [-0.2, -0.15) is 15.5 Å². The summed E-state index contributed by atoms with van der Waals surface area (Å²) in [5, 5.41) is 17.6. The third-order valence-electron chi connectivity index (χ3n) is 3.89. The van der Waals surface area contributed by atoms with Crippen molar-refractivity contribution in [3.8, 4) is 6.07 Å².